The Labute approximate surface area is 118 Å². The van der Waals surface area contributed by atoms with Crippen LogP contribution >= 0.6 is 11.6 Å². The molecule has 0 aromatic carbocycles. The second kappa shape index (κ2) is 5.47. The Balaban J connectivity index is 2.33. The van der Waals surface area contributed by atoms with Crippen LogP contribution in [-0.2, 0) is 4.74 Å². The van der Waals surface area contributed by atoms with Gasteiger partial charge in [-0.2, -0.15) is 0 Å². The first-order valence-electron chi connectivity index (χ1n) is 6.49. The predicted octanol–water partition coefficient (Wildman–Crippen LogP) is 3.10. The number of hydrogen-bond donors (Lipinski definition) is 1. The standard InChI is InChI=1S/C14H19ClN2O2/c1-9-3-5-14(19-2,6-4-9)12(18)11-7-10(15)8-17-13(11)16/h7-9H,3-6H2,1-2H3,(H2,16,17). The number of carbonyl (C=O) groups excluding carboxylic acids is 1. The third-order valence-corrected chi connectivity index (χ3v) is 4.22. The minimum absolute atomic E-state index is 0.102. The molecule has 2 N–H and O–H groups in total. The van der Waals surface area contributed by atoms with Crippen molar-refractivity contribution >= 4 is 23.2 Å². The van der Waals surface area contributed by atoms with Crippen LogP contribution in [0.2, 0.25) is 5.02 Å². The fourth-order valence-corrected chi connectivity index (χ4v) is 2.79. The van der Waals surface area contributed by atoms with Crippen molar-refractivity contribution in [2.24, 2.45) is 5.92 Å². The Hall–Kier alpha value is -1.13. The van der Waals surface area contributed by atoms with Crippen molar-refractivity contribution in [3.05, 3.63) is 22.8 Å². The summed E-state index contributed by atoms with van der Waals surface area (Å²) in [5.41, 5.74) is 5.39. The number of methoxy groups -OCH3 is 1. The molecule has 1 fully saturated rings. The summed E-state index contributed by atoms with van der Waals surface area (Å²) in [5.74, 6) is 0.741. The molecule has 4 nitrogen and oxygen atoms in total. The van der Waals surface area contributed by atoms with E-state index >= 15 is 0 Å². The monoisotopic (exact) mass is 282 g/mol. The quantitative estimate of drug-likeness (QED) is 0.865. The van der Waals surface area contributed by atoms with Crippen molar-refractivity contribution in [1.82, 2.24) is 4.98 Å². The molecule has 19 heavy (non-hydrogen) atoms. The van der Waals surface area contributed by atoms with Crippen molar-refractivity contribution in [3.8, 4) is 0 Å². The lowest BCUT2D eigenvalue weighted by molar-refractivity contribution is -0.0262. The molecule has 0 radical (unpaired) electrons. The number of carbonyl (C=O) groups is 1. The average Bonchev–Trinajstić information content (AvgIpc) is 2.42. The molecule has 1 heterocycles. The van der Waals surface area contributed by atoms with E-state index in [0.29, 0.717) is 16.5 Å². The highest BCUT2D eigenvalue weighted by molar-refractivity contribution is 6.31. The van der Waals surface area contributed by atoms with Crippen LogP contribution in [-0.4, -0.2) is 23.5 Å². The second-order valence-electron chi connectivity index (χ2n) is 5.30. The highest BCUT2D eigenvalue weighted by Crippen LogP contribution is 2.37. The number of rotatable bonds is 3. The number of Topliss-reactive ketones (excluding diaryl/α,β-unsaturated/α-hetero) is 1. The van der Waals surface area contributed by atoms with Gasteiger partial charge in [0.1, 0.15) is 11.4 Å². The fraction of sp³-hybridized carbons (Fsp3) is 0.571. The van der Waals surface area contributed by atoms with E-state index in [-0.39, 0.29) is 11.6 Å². The number of nitrogens with two attached hydrogens (primary N) is 1. The lowest BCUT2D eigenvalue weighted by atomic mass is 9.75. The van der Waals surface area contributed by atoms with Gasteiger partial charge in [0.25, 0.3) is 0 Å². The Morgan fingerprint density at radius 2 is 2.16 bits per heavy atom. The summed E-state index contributed by atoms with van der Waals surface area (Å²) in [4.78, 5) is 16.7. The fourth-order valence-electron chi connectivity index (χ4n) is 2.63. The largest absolute Gasteiger partial charge is 0.383 e. The molecule has 2 rings (SSSR count). The maximum absolute atomic E-state index is 12.7. The van der Waals surface area contributed by atoms with E-state index in [0.717, 1.165) is 25.7 Å². The molecule has 0 saturated heterocycles. The first-order chi connectivity index (χ1) is 8.98. The number of ketones is 1. The van der Waals surface area contributed by atoms with Gasteiger partial charge >= 0.3 is 0 Å². The summed E-state index contributed by atoms with van der Waals surface area (Å²) < 4.78 is 5.56. The van der Waals surface area contributed by atoms with Crippen molar-refractivity contribution in [3.63, 3.8) is 0 Å². The topological polar surface area (TPSA) is 65.2 Å². The van der Waals surface area contributed by atoms with Crippen LogP contribution in [0.25, 0.3) is 0 Å². The van der Waals surface area contributed by atoms with Crippen LogP contribution < -0.4 is 5.73 Å². The van der Waals surface area contributed by atoms with Crippen LogP contribution in [0.3, 0.4) is 0 Å². The Bertz CT molecular complexity index is 482. The Morgan fingerprint density at radius 3 is 2.74 bits per heavy atom. The van der Waals surface area contributed by atoms with Gasteiger partial charge in [0, 0.05) is 13.3 Å². The van der Waals surface area contributed by atoms with Gasteiger partial charge in [0.2, 0.25) is 0 Å². The normalized spacial score (nSPS) is 27.2. The predicted molar refractivity (Wildman–Crippen MR) is 75.4 cm³/mol. The summed E-state index contributed by atoms with van der Waals surface area (Å²) in [5, 5.41) is 0.410. The van der Waals surface area contributed by atoms with E-state index in [2.05, 4.69) is 11.9 Å². The third kappa shape index (κ3) is 2.74. The highest BCUT2D eigenvalue weighted by Gasteiger charge is 2.42. The zero-order valence-electron chi connectivity index (χ0n) is 11.3. The van der Waals surface area contributed by atoms with Gasteiger partial charge in [-0.3, -0.25) is 4.79 Å². The van der Waals surface area contributed by atoms with E-state index in [1.54, 1.807) is 13.2 Å². The molecular formula is C14H19ClN2O2. The molecule has 0 unspecified atom stereocenters. The summed E-state index contributed by atoms with van der Waals surface area (Å²) in [6.07, 6.45) is 4.84. The van der Waals surface area contributed by atoms with E-state index in [9.17, 15) is 4.79 Å². The van der Waals surface area contributed by atoms with Crippen LogP contribution in [0, 0.1) is 5.92 Å². The van der Waals surface area contributed by atoms with Gasteiger partial charge in [-0.25, -0.2) is 4.98 Å². The molecule has 1 aliphatic carbocycles. The van der Waals surface area contributed by atoms with Gasteiger partial charge in [0.15, 0.2) is 5.78 Å². The number of anilines is 1. The number of ether oxygens (including phenoxy) is 1. The maximum atomic E-state index is 12.7. The van der Waals surface area contributed by atoms with Crippen LogP contribution in [0.1, 0.15) is 43.0 Å². The molecular weight excluding hydrogens is 264 g/mol. The van der Waals surface area contributed by atoms with Crippen molar-refractivity contribution in [2.75, 3.05) is 12.8 Å². The molecule has 0 amide bonds. The van der Waals surface area contributed by atoms with Crippen LogP contribution in [0.4, 0.5) is 5.82 Å². The van der Waals surface area contributed by atoms with E-state index < -0.39 is 5.60 Å². The van der Waals surface area contributed by atoms with Gasteiger partial charge in [-0.05, 0) is 37.7 Å². The number of nitrogens with zero attached hydrogens (tertiary/aromatic N) is 1. The molecule has 1 aliphatic rings. The molecule has 0 atom stereocenters. The Morgan fingerprint density at radius 1 is 1.53 bits per heavy atom. The highest BCUT2D eigenvalue weighted by atomic mass is 35.5. The number of halogens is 1. The molecule has 0 aliphatic heterocycles. The van der Waals surface area contributed by atoms with Gasteiger partial charge < -0.3 is 10.5 Å². The first kappa shape index (κ1) is 14.3. The Kier molecular flexibility index (Phi) is 4.11. The molecule has 5 heteroatoms. The summed E-state index contributed by atoms with van der Waals surface area (Å²) in [6, 6.07) is 1.57. The van der Waals surface area contributed by atoms with Crippen molar-refractivity contribution in [1.29, 1.82) is 0 Å². The van der Waals surface area contributed by atoms with Gasteiger partial charge in [-0.1, -0.05) is 18.5 Å². The molecule has 1 aromatic rings. The van der Waals surface area contributed by atoms with Gasteiger partial charge in [-0.15, -0.1) is 0 Å². The average molecular weight is 283 g/mol. The summed E-state index contributed by atoms with van der Waals surface area (Å²) in [7, 11) is 1.59. The number of nitrogen functional groups attached to an aromatic ring is 1. The molecule has 104 valence electrons. The first-order valence-corrected chi connectivity index (χ1v) is 6.87. The maximum Gasteiger partial charge on any atom is 0.198 e. The number of pyridine rings is 1. The molecule has 0 spiro atoms. The van der Waals surface area contributed by atoms with Gasteiger partial charge in [0.05, 0.1) is 10.6 Å². The smallest absolute Gasteiger partial charge is 0.198 e. The summed E-state index contributed by atoms with van der Waals surface area (Å²) >= 11 is 5.90. The molecule has 1 aromatic heterocycles. The SMILES string of the molecule is COC1(C(=O)c2cc(Cl)cnc2N)CCC(C)CC1. The van der Waals surface area contributed by atoms with Crippen molar-refractivity contribution < 1.29 is 9.53 Å². The number of hydrogen-bond acceptors (Lipinski definition) is 4. The molecule has 0 bridgehead atoms. The van der Waals surface area contributed by atoms with Crippen LogP contribution in [0.15, 0.2) is 12.3 Å². The van der Waals surface area contributed by atoms with E-state index in [1.807, 2.05) is 0 Å². The second-order valence-corrected chi connectivity index (χ2v) is 5.73. The number of aromatic nitrogens is 1. The zero-order chi connectivity index (χ0) is 14.0. The lowest BCUT2D eigenvalue weighted by Gasteiger charge is -2.37. The third-order valence-electron chi connectivity index (χ3n) is 4.02. The van der Waals surface area contributed by atoms with Crippen LogP contribution in [0.5, 0.6) is 0 Å². The van der Waals surface area contributed by atoms with Crippen molar-refractivity contribution in [2.45, 2.75) is 38.2 Å². The minimum atomic E-state index is -0.771. The molecule has 1 saturated carbocycles. The van der Waals surface area contributed by atoms with E-state index in [4.69, 9.17) is 22.1 Å². The lowest BCUT2D eigenvalue weighted by Crippen LogP contribution is -2.44. The zero-order valence-corrected chi connectivity index (χ0v) is 12.0. The summed E-state index contributed by atoms with van der Waals surface area (Å²) in [6.45, 7) is 2.19. The van der Waals surface area contributed by atoms with E-state index in [1.165, 1.54) is 6.20 Å². The minimum Gasteiger partial charge on any atom is -0.383 e.